The number of aromatic nitrogens is 1. The number of pyridine rings is 1. The molecule has 196 valence electrons. The number of H-pyrrole nitrogens is 1. The minimum absolute atomic E-state index is 0.0696. The molecule has 3 heterocycles. The second-order valence-corrected chi connectivity index (χ2v) is 9.11. The predicted molar refractivity (Wildman–Crippen MR) is 142 cm³/mol. The number of Topliss-reactive ketones (excluding diaryl/α,β-unsaturated/α-hetero) is 1. The van der Waals surface area contributed by atoms with E-state index in [1.165, 1.54) is 14.2 Å². The molecule has 0 spiro atoms. The second kappa shape index (κ2) is 9.36. The minimum atomic E-state index is -0.690. The molecule has 3 aromatic carbocycles. The van der Waals surface area contributed by atoms with Crippen LogP contribution in [-0.4, -0.2) is 38.1 Å². The third kappa shape index (κ3) is 3.99. The van der Waals surface area contributed by atoms with Crippen LogP contribution in [0.1, 0.15) is 39.4 Å². The van der Waals surface area contributed by atoms with E-state index in [0.29, 0.717) is 45.0 Å². The van der Waals surface area contributed by atoms with Gasteiger partial charge in [0.05, 0.1) is 38.8 Å². The lowest BCUT2D eigenvalue weighted by atomic mass is 9.85. The first-order chi connectivity index (χ1) is 18.9. The van der Waals surface area contributed by atoms with E-state index < -0.39 is 11.9 Å². The van der Waals surface area contributed by atoms with Crippen LogP contribution < -0.4 is 29.2 Å². The molecule has 0 saturated carbocycles. The summed E-state index contributed by atoms with van der Waals surface area (Å²) in [4.78, 5) is 42.1. The Kier molecular flexibility index (Phi) is 5.83. The molecule has 0 unspecified atom stereocenters. The first-order valence-electron chi connectivity index (χ1n) is 12.2. The summed E-state index contributed by atoms with van der Waals surface area (Å²) in [5.41, 5.74) is 1.98. The van der Waals surface area contributed by atoms with E-state index in [1.54, 1.807) is 61.7 Å². The van der Waals surface area contributed by atoms with Gasteiger partial charge in [-0.25, -0.2) is 0 Å². The van der Waals surface area contributed by atoms with E-state index in [0.717, 1.165) is 5.39 Å². The lowest BCUT2D eigenvalue weighted by Gasteiger charge is -2.26. The van der Waals surface area contributed by atoms with Gasteiger partial charge < -0.3 is 28.7 Å². The maximum Gasteiger partial charge on any atom is 0.312 e. The Morgan fingerprint density at radius 1 is 0.923 bits per heavy atom. The van der Waals surface area contributed by atoms with Crippen LogP contribution >= 0.6 is 0 Å². The van der Waals surface area contributed by atoms with Crippen molar-refractivity contribution >= 4 is 28.7 Å². The molecule has 9 nitrogen and oxygen atoms in total. The molecule has 39 heavy (non-hydrogen) atoms. The number of benzene rings is 3. The SMILES string of the molecule is COc1ccc2cc([C@@H]3CC(=O)Oc4ccc5c(c43)O/C(=C\c3cccc(OC)c3OC)C5=O)c(=O)[nH]c2c1. The fourth-order valence-electron chi connectivity index (χ4n) is 5.12. The first-order valence-corrected chi connectivity index (χ1v) is 12.2. The van der Waals surface area contributed by atoms with Gasteiger partial charge in [-0.1, -0.05) is 12.1 Å². The number of fused-ring (bicyclic) bond motifs is 4. The molecule has 1 aromatic heterocycles. The normalized spacial score (nSPS) is 16.9. The number of methoxy groups -OCH3 is 3. The molecule has 1 N–H and O–H groups in total. The third-order valence-corrected chi connectivity index (χ3v) is 6.96. The van der Waals surface area contributed by atoms with E-state index in [4.69, 9.17) is 23.7 Å². The maximum absolute atomic E-state index is 13.4. The number of carbonyl (C=O) groups excluding carboxylic acids is 2. The summed E-state index contributed by atoms with van der Waals surface area (Å²) in [7, 11) is 4.59. The van der Waals surface area contributed by atoms with Crippen LogP contribution in [0.5, 0.6) is 28.7 Å². The minimum Gasteiger partial charge on any atom is -0.497 e. The van der Waals surface area contributed by atoms with Crippen LogP contribution in [0, 0.1) is 0 Å². The number of hydrogen-bond acceptors (Lipinski definition) is 8. The number of allylic oxidation sites excluding steroid dienone is 1. The van der Waals surface area contributed by atoms with Crippen molar-refractivity contribution in [3.8, 4) is 28.7 Å². The van der Waals surface area contributed by atoms with Crippen molar-refractivity contribution < 1.29 is 33.3 Å². The summed E-state index contributed by atoms with van der Waals surface area (Å²) in [5, 5.41) is 0.765. The summed E-state index contributed by atoms with van der Waals surface area (Å²) in [6.45, 7) is 0. The number of para-hydroxylation sites is 1. The first kappa shape index (κ1) is 24.3. The van der Waals surface area contributed by atoms with Crippen molar-refractivity contribution in [3.63, 3.8) is 0 Å². The topological polar surface area (TPSA) is 113 Å². The molecular formula is C30H23NO8. The molecule has 6 rings (SSSR count). The van der Waals surface area contributed by atoms with Crippen LogP contribution in [0.3, 0.4) is 0 Å². The van der Waals surface area contributed by atoms with Crippen LogP contribution in [0.15, 0.2) is 65.2 Å². The van der Waals surface area contributed by atoms with Crippen molar-refractivity contribution in [2.24, 2.45) is 0 Å². The monoisotopic (exact) mass is 525 g/mol. The van der Waals surface area contributed by atoms with Crippen molar-refractivity contribution in [1.82, 2.24) is 4.98 Å². The summed E-state index contributed by atoms with van der Waals surface area (Å²) >= 11 is 0. The Balaban J connectivity index is 1.48. The highest BCUT2D eigenvalue weighted by Gasteiger charge is 2.39. The van der Waals surface area contributed by atoms with Crippen LogP contribution in [-0.2, 0) is 4.79 Å². The molecule has 0 saturated heterocycles. The van der Waals surface area contributed by atoms with Gasteiger partial charge in [-0.05, 0) is 47.9 Å². The van der Waals surface area contributed by atoms with Gasteiger partial charge in [0.1, 0.15) is 17.2 Å². The molecular weight excluding hydrogens is 502 g/mol. The highest BCUT2D eigenvalue weighted by molar-refractivity contribution is 6.15. The number of carbonyl (C=O) groups is 2. The van der Waals surface area contributed by atoms with E-state index in [9.17, 15) is 14.4 Å². The van der Waals surface area contributed by atoms with Gasteiger partial charge in [0.15, 0.2) is 17.3 Å². The van der Waals surface area contributed by atoms with E-state index in [2.05, 4.69) is 4.98 Å². The fourth-order valence-corrected chi connectivity index (χ4v) is 5.12. The number of aromatic amines is 1. The molecule has 9 heteroatoms. The molecule has 0 bridgehead atoms. The Morgan fingerprint density at radius 2 is 1.77 bits per heavy atom. The maximum atomic E-state index is 13.4. The average molecular weight is 526 g/mol. The van der Waals surface area contributed by atoms with Crippen LogP contribution in [0.25, 0.3) is 17.0 Å². The number of ketones is 1. The second-order valence-electron chi connectivity index (χ2n) is 9.11. The molecule has 0 aliphatic carbocycles. The van der Waals surface area contributed by atoms with Crippen LogP contribution in [0.2, 0.25) is 0 Å². The van der Waals surface area contributed by atoms with E-state index >= 15 is 0 Å². The Labute approximate surface area is 222 Å². The smallest absolute Gasteiger partial charge is 0.312 e. The molecule has 2 aliphatic heterocycles. The van der Waals surface area contributed by atoms with Gasteiger partial charge in [-0.2, -0.15) is 0 Å². The van der Waals surface area contributed by atoms with E-state index in [1.807, 2.05) is 6.07 Å². The van der Waals surface area contributed by atoms with Crippen LogP contribution in [0.4, 0.5) is 0 Å². The lowest BCUT2D eigenvalue weighted by molar-refractivity contribution is -0.135. The Morgan fingerprint density at radius 3 is 2.54 bits per heavy atom. The molecule has 1 atom stereocenters. The van der Waals surface area contributed by atoms with Gasteiger partial charge in [0, 0.05) is 28.7 Å². The number of esters is 1. The van der Waals surface area contributed by atoms with Gasteiger partial charge in [0.25, 0.3) is 5.56 Å². The Bertz CT molecular complexity index is 1770. The summed E-state index contributed by atoms with van der Waals surface area (Å²) < 4.78 is 27.8. The highest BCUT2D eigenvalue weighted by Crippen LogP contribution is 2.49. The number of ether oxygens (including phenoxy) is 5. The van der Waals surface area contributed by atoms with Crippen molar-refractivity contribution in [2.45, 2.75) is 12.3 Å². The quantitative estimate of drug-likeness (QED) is 0.228. The van der Waals surface area contributed by atoms with Crippen molar-refractivity contribution in [1.29, 1.82) is 0 Å². The van der Waals surface area contributed by atoms with E-state index in [-0.39, 0.29) is 35.0 Å². The molecule has 0 fully saturated rings. The predicted octanol–water partition coefficient (Wildman–Crippen LogP) is 4.61. The fraction of sp³-hybridized carbons (Fsp3) is 0.167. The number of rotatable bonds is 5. The zero-order chi connectivity index (χ0) is 27.3. The summed E-state index contributed by atoms with van der Waals surface area (Å²) in [6, 6.07) is 15.5. The number of hydrogen-bond donors (Lipinski definition) is 1. The zero-order valence-electron chi connectivity index (χ0n) is 21.3. The van der Waals surface area contributed by atoms with Gasteiger partial charge in [-0.15, -0.1) is 0 Å². The van der Waals surface area contributed by atoms with Gasteiger partial charge >= 0.3 is 5.97 Å². The average Bonchev–Trinajstić information content (AvgIpc) is 3.26. The molecule has 4 aromatic rings. The molecule has 0 radical (unpaired) electrons. The largest absolute Gasteiger partial charge is 0.497 e. The Hall–Kier alpha value is -5.05. The lowest BCUT2D eigenvalue weighted by Crippen LogP contribution is -2.26. The number of nitrogens with one attached hydrogen (secondary N) is 1. The van der Waals surface area contributed by atoms with Gasteiger partial charge in [-0.3, -0.25) is 14.4 Å². The molecule has 2 aliphatic rings. The standard InChI is InChI=1S/C30H23NO8/c1-35-17-8-7-15-11-20(30(34)31-21(15)13-17)19-14-25(32)38-22-10-9-18-27(33)24(39-29(18)26(19)22)12-16-5-4-6-23(36-2)28(16)37-3/h4-13,19H,14H2,1-3H3,(H,31,34)/b24-12-/t19-/m0/s1. The summed E-state index contributed by atoms with van der Waals surface area (Å²) in [5.74, 6) is 0.630. The van der Waals surface area contributed by atoms with Crippen molar-refractivity contribution in [2.75, 3.05) is 21.3 Å². The van der Waals surface area contributed by atoms with Crippen molar-refractivity contribution in [3.05, 3.63) is 93.0 Å². The highest BCUT2D eigenvalue weighted by atomic mass is 16.5. The molecule has 0 amide bonds. The third-order valence-electron chi connectivity index (χ3n) is 6.96. The zero-order valence-corrected chi connectivity index (χ0v) is 21.3. The van der Waals surface area contributed by atoms with Gasteiger partial charge in [0.2, 0.25) is 5.78 Å². The summed E-state index contributed by atoms with van der Waals surface area (Å²) in [6.07, 6.45) is 1.49.